The van der Waals surface area contributed by atoms with Crippen molar-refractivity contribution in [2.75, 3.05) is 0 Å². The number of hydrogen-bond donors (Lipinski definition) is 0. The number of nitrogens with zero attached hydrogens (tertiary/aromatic N) is 2. The van der Waals surface area contributed by atoms with Crippen LogP contribution in [0.5, 0.6) is 0 Å². The van der Waals surface area contributed by atoms with Crippen molar-refractivity contribution in [1.82, 2.24) is 9.78 Å². The molecule has 1 heterocycles. The fourth-order valence-electron chi connectivity index (χ4n) is 2.03. The number of rotatable bonds is 3. The van der Waals surface area contributed by atoms with Crippen molar-refractivity contribution in [2.24, 2.45) is 0 Å². The van der Waals surface area contributed by atoms with Gasteiger partial charge in [0.15, 0.2) is 5.82 Å². The van der Waals surface area contributed by atoms with Gasteiger partial charge in [-0.2, -0.15) is 23.0 Å². The Labute approximate surface area is 143 Å². The minimum absolute atomic E-state index is 0.0915. The Hall–Kier alpha value is -2.00. The lowest BCUT2D eigenvalue weighted by Crippen LogP contribution is -2.28. The predicted octanol–water partition coefficient (Wildman–Crippen LogP) is 2.97. The number of aromatic nitrogens is 2. The quantitative estimate of drug-likeness (QED) is 0.608. The van der Waals surface area contributed by atoms with Crippen LogP contribution in [0.2, 0.25) is 5.02 Å². The van der Waals surface area contributed by atoms with E-state index in [2.05, 4.69) is 17.7 Å². The van der Waals surface area contributed by atoms with Crippen molar-refractivity contribution in [2.45, 2.75) is 19.5 Å². The Morgan fingerprint density at radius 1 is 1.38 bits per heavy atom. The number of carbonyl (C=O) groups is 1. The highest BCUT2D eigenvalue weighted by atomic mass is 35.5. The molecule has 0 aliphatic rings. The summed E-state index contributed by atoms with van der Waals surface area (Å²) >= 11 is 10.2. The molecule has 0 N–H and O–H groups in total. The molecule has 2 rings (SSSR count). The monoisotopic (exact) mass is 379 g/mol. The van der Waals surface area contributed by atoms with Crippen LogP contribution < -0.4 is 5.56 Å². The molecule has 24 heavy (non-hydrogen) atoms. The highest BCUT2D eigenvalue weighted by molar-refractivity contribution is 7.77. The molecule has 0 aliphatic heterocycles. The van der Waals surface area contributed by atoms with E-state index in [9.17, 15) is 27.2 Å². The fraction of sp³-hybridized carbons (Fsp3) is 0.214. The van der Waals surface area contributed by atoms with Crippen molar-refractivity contribution < 1.29 is 22.4 Å². The van der Waals surface area contributed by atoms with E-state index in [1.54, 1.807) is 0 Å². The molecule has 0 aliphatic carbocycles. The number of benzene rings is 1. The van der Waals surface area contributed by atoms with Gasteiger partial charge in [0.1, 0.15) is 5.69 Å². The minimum Gasteiger partial charge on any atom is -0.742 e. The van der Waals surface area contributed by atoms with Crippen LogP contribution in [-0.4, -0.2) is 14.9 Å². The first-order chi connectivity index (χ1) is 11.0. The van der Waals surface area contributed by atoms with E-state index >= 15 is 0 Å². The smallest absolute Gasteiger partial charge is 0.418 e. The molecule has 2 aromatic rings. The SMILES string of the molecule is Cc1c(C(F)(F)F)cnn(-c2cc(CC(=O)[S-])c(Cl)cc2F)c1=O. The zero-order chi connectivity index (χ0) is 18.2. The van der Waals surface area contributed by atoms with Gasteiger partial charge in [-0.3, -0.25) is 4.79 Å². The molecule has 10 heteroatoms. The Kier molecular flexibility index (Phi) is 4.95. The average molecular weight is 380 g/mol. The lowest BCUT2D eigenvalue weighted by Gasteiger charge is -2.14. The molecule has 0 saturated carbocycles. The Bertz CT molecular complexity index is 880. The van der Waals surface area contributed by atoms with Crippen molar-refractivity contribution >= 4 is 29.3 Å². The number of halogens is 5. The summed E-state index contributed by atoms with van der Waals surface area (Å²) in [5.41, 5.74) is -3.26. The van der Waals surface area contributed by atoms with Crippen molar-refractivity contribution in [3.63, 3.8) is 0 Å². The Balaban J connectivity index is 2.67. The fourth-order valence-corrected chi connectivity index (χ4v) is 2.40. The number of carbonyl (C=O) groups excluding carboxylic acids is 1. The van der Waals surface area contributed by atoms with Crippen LogP contribution in [0.3, 0.4) is 0 Å². The molecule has 128 valence electrons. The highest BCUT2D eigenvalue weighted by Crippen LogP contribution is 2.30. The van der Waals surface area contributed by atoms with Gasteiger partial charge in [0.2, 0.25) is 0 Å². The molecular weight excluding hydrogens is 372 g/mol. The van der Waals surface area contributed by atoms with Gasteiger partial charge in [-0.25, -0.2) is 4.39 Å². The molecule has 1 aromatic carbocycles. The molecule has 0 saturated heterocycles. The van der Waals surface area contributed by atoms with E-state index < -0.39 is 39.5 Å². The van der Waals surface area contributed by atoms with Gasteiger partial charge in [0, 0.05) is 22.1 Å². The van der Waals surface area contributed by atoms with Crippen LogP contribution in [0.15, 0.2) is 23.1 Å². The average Bonchev–Trinajstić information content (AvgIpc) is 2.43. The van der Waals surface area contributed by atoms with E-state index in [-0.39, 0.29) is 17.0 Å². The van der Waals surface area contributed by atoms with Gasteiger partial charge in [-0.15, -0.1) is 0 Å². The van der Waals surface area contributed by atoms with E-state index in [1.165, 1.54) is 0 Å². The molecule has 0 spiro atoms. The molecule has 4 nitrogen and oxygen atoms in total. The summed E-state index contributed by atoms with van der Waals surface area (Å²) < 4.78 is 52.9. The molecule has 0 atom stereocenters. The van der Waals surface area contributed by atoms with E-state index in [0.29, 0.717) is 10.9 Å². The molecule has 0 unspecified atom stereocenters. The number of alkyl halides is 3. The molecule has 1 aromatic heterocycles. The standard InChI is InChI=1S/C14H9ClF4N2O2S/c1-6-8(14(17,18)19)5-20-21(13(6)23)11-2-7(3-12(22)24)9(15)4-10(11)16/h2,4-5H,3H2,1H3,(H,22,24)/p-1. The first-order valence-corrected chi connectivity index (χ1v) is 7.15. The van der Waals surface area contributed by atoms with Crippen LogP contribution >= 0.6 is 11.6 Å². The van der Waals surface area contributed by atoms with E-state index in [4.69, 9.17) is 11.6 Å². The summed E-state index contributed by atoms with van der Waals surface area (Å²) in [7, 11) is 0. The summed E-state index contributed by atoms with van der Waals surface area (Å²) in [5, 5.41) is 2.62. The number of hydrogen-bond acceptors (Lipinski definition) is 4. The zero-order valence-corrected chi connectivity index (χ0v) is 13.5. The maximum Gasteiger partial charge on any atom is 0.418 e. The van der Waals surface area contributed by atoms with Crippen LogP contribution in [0.1, 0.15) is 16.7 Å². The molecule has 0 bridgehead atoms. The van der Waals surface area contributed by atoms with Gasteiger partial charge in [0.25, 0.3) is 5.56 Å². The normalized spacial score (nSPS) is 11.6. The van der Waals surface area contributed by atoms with Crippen LogP contribution in [0.4, 0.5) is 17.6 Å². The van der Waals surface area contributed by atoms with Gasteiger partial charge in [-0.1, -0.05) is 11.6 Å². The molecular formula is C14H8ClF4N2O2S-. The summed E-state index contributed by atoms with van der Waals surface area (Å²) in [5.74, 6) is -0.977. The Morgan fingerprint density at radius 2 is 2.00 bits per heavy atom. The largest absolute Gasteiger partial charge is 0.742 e. The van der Waals surface area contributed by atoms with Crippen molar-refractivity contribution in [3.05, 3.63) is 56.2 Å². The first kappa shape index (κ1) is 18.3. The first-order valence-electron chi connectivity index (χ1n) is 6.36. The molecule has 0 radical (unpaired) electrons. The summed E-state index contributed by atoms with van der Waals surface area (Å²) in [6.45, 7) is 0.963. The van der Waals surface area contributed by atoms with Gasteiger partial charge >= 0.3 is 6.18 Å². The van der Waals surface area contributed by atoms with Crippen LogP contribution in [-0.2, 0) is 30.0 Å². The third-order valence-corrected chi connectivity index (χ3v) is 3.70. The van der Waals surface area contributed by atoms with E-state index in [0.717, 1.165) is 19.1 Å². The second-order valence-electron chi connectivity index (χ2n) is 4.84. The van der Waals surface area contributed by atoms with Crippen LogP contribution in [0, 0.1) is 12.7 Å². The van der Waals surface area contributed by atoms with Crippen molar-refractivity contribution in [1.29, 1.82) is 0 Å². The van der Waals surface area contributed by atoms with Gasteiger partial charge in [-0.05, 0) is 24.6 Å². The maximum absolute atomic E-state index is 14.1. The van der Waals surface area contributed by atoms with Crippen LogP contribution in [0.25, 0.3) is 5.69 Å². The zero-order valence-electron chi connectivity index (χ0n) is 11.9. The topological polar surface area (TPSA) is 52.0 Å². The summed E-state index contributed by atoms with van der Waals surface area (Å²) in [6, 6.07) is 1.90. The van der Waals surface area contributed by atoms with E-state index in [1.807, 2.05) is 0 Å². The van der Waals surface area contributed by atoms with Crippen molar-refractivity contribution in [3.8, 4) is 5.69 Å². The summed E-state index contributed by atoms with van der Waals surface area (Å²) in [4.78, 5) is 23.1. The lowest BCUT2D eigenvalue weighted by molar-refractivity contribution is -0.138. The highest BCUT2D eigenvalue weighted by Gasteiger charge is 2.34. The Morgan fingerprint density at radius 3 is 2.54 bits per heavy atom. The van der Waals surface area contributed by atoms with Gasteiger partial charge < -0.3 is 17.4 Å². The molecule has 0 fully saturated rings. The molecule has 0 amide bonds. The second-order valence-corrected chi connectivity index (χ2v) is 5.70. The summed E-state index contributed by atoms with van der Waals surface area (Å²) in [6.07, 6.45) is -4.62. The van der Waals surface area contributed by atoms with Gasteiger partial charge in [0.05, 0.1) is 11.8 Å². The second kappa shape index (κ2) is 6.48. The lowest BCUT2D eigenvalue weighted by atomic mass is 10.1. The minimum atomic E-state index is -4.76. The maximum atomic E-state index is 14.1. The predicted molar refractivity (Wildman–Crippen MR) is 80.6 cm³/mol. The third kappa shape index (κ3) is 3.57. The third-order valence-electron chi connectivity index (χ3n) is 3.20.